The van der Waals surface area contributed by atoms with E-state index in [1.54, 1.807) is 12.0 Å². The molecule has 1 aromatic carbocycles. The maximum absolute atomic E-state index is 14.4. The van der Waals surface area contributed by atoms with Gasteiger partial charge in [0.2, 0.25) is 5.92 Å². The van der Waals surface area contributed by atoms with Crippen molar-refractivity contribution in [3.8, 4) is 5.75 Å². The highest BCUT2D eigenvalue weighted by molar-refractivity contribution is 5.81. The van der Waals surface area contributed by atoms with Gasteiger partial charge in [-0.25, -0.2) is 13.6 Å². The standard InChI is InChI=1S/C36H48F2N2O5/c1-34(2,3)45-33(42)40-17-13-25(14-18-40)32-27(21-41)30(24-11-15-36(37,38)16-12-24)31-28(39-32)19-35(4,5)20-29(31)44-22-23-7-9-26(43-6)10-8-23/h7-10,21,24-25,29H,11-20,22H2,1-6H3. The van der Waals surface area contributed by atoms with Crippen molar-refractivity contribution in [2.24, 2.45) is 5.41 Å². The first-order valence-electron chi connectivity index (χ1n) is 16.3. The van der Waals surface area contributed by atoms with Gasteiger partial charge in [-0.05, 0) is 93.9 Å². The van der Waals surface area contributed by atoms with Crippen LogP contribution in [0.15, 0.2) is 24.3 Å². The molecule has 5 rings (SSSR count). The van der Waals surface area contributed by atoms with Crippen molar-refractivity contribution >= 4 is 12.4 Å². The SMILES string of the molecule is COc1ccc(COC2CC(C)(C)Cc3nc(C4CCN(C(=O)OC(C)(C)C)CC4)c(C=O)c(C4CCC(F)(F)CC4)c32)cc1. The van der Waals surface area contributed by atoms with Gasteiger partial charge in [-0.1, -0.05) is 26.0 Å². The number of amides is 1. The van der Waals surface area contributed by atoms with Crippen LogP contribution in [0, 0.1) is 5.41 Å². The van der Waals surface area contributed by atoms with Gasteiger partial charge < -0.3 is 19.1 Å². The number of alkyl halides is 2. The molecule has 1 saturated heterocycles. The molecule has 9 heteroatoms. The van der Waals surface area contributed by atoms with Crippen molar-refractivity contribution < 1.29 is 32.6 Å². The zero-order valence-corrected chi connectivity index (χ0v) is 27.6. The second-order valence-electron chi connectivity index (χ2n) is 14.9. The Labute approximate surface area is 266 Å². The summed E-state index contributed by atoms with van der Waals surface area (Å²) in [5.74, 6) is -2.12. The predicted molar refractivity (Wildman–Crippen MR) is 168 cm³/mol. The maximum atomic E-state index is 14.4. The lowest BCUT2D eigenvalue weighted by Crippen LogP contribution is -2.41. The number of hydrogen-bond acceptors (Lipinski definition) is 6. The number of ether oxygens (including phenoxy) is 3. The summed E-state index contributed by atoms with van der Waals surface area (Å²) in [5.41, 5.74) is 4.29. The molecule has 7 nitrogen and oxygen atoms in total. The maximum Gasteiger partial charge on any atom is 0.410 e. The Balaban J connectivity index is 1.51. The number of hydrogen-bond donors (Lipinski definition) is 0. The number of carbonyl (C=O) groups excluding carboxylic acids is 2. The number of piperidine rings is 1. The van der Waals surface area contributed by atoms with E-state index in [9.17, 15) is 18.4 Å². The van der Waals surface area contributed by atoms with E-state index in [-0.39, 0.29) is 42.3 Å². The van der Waals surface area contributed by atoms with E-state index in [1.165, 1.54) is 0 Å². The molecule has 0 spiro atoms. The van der Waals surface area contributed by atoms with E-state index in [4.69, 9.17) is 19.2 Å². The molecule has 246 valence electrons. The summed E-state index contributed by atoms with van der Waals surface area (Å²) >= 11 is 0. The molecule has 1 amide bonds. The van der Waals surface area contributed by atoms with E-state index in [0.717, 1.165) is 46.5 Å². The van der Waals surface area contributed by atoms with Crippen molar-refractivity contribution in [2.45, 2.75) is 122 Å². The first-order valence-corrected chi connectivity index (χ1v) is 16.3. The molecule has 1 aromatic heterocycles. The van der Waals surface area contributed by atoms with Crippen LogP contribution in [0.1, 0.15) is 136 Å². The van der Waals surface area contributed by atoms with Crippen LogP contribution >= 0.6 is 0 Å². The number of carbonyl (C=O) groups is 2. The Morgan fingerprint density at radius 2 is 1.67 bits per heavy atom. The summed E-state index contributed by atoms with van der Waals surface area (Å²) < 4.78 is 46.3. The van der Waals surface area contributed by atoms with Crippen LogP contribution in [0.2, 0.25) is 0 Å². The molecular weight excluding hydrogens is 578 g/mol. The number of fused-ring (bicyclic) bond motifs is 1. The molecule has 3 aliphatic rings. The Kier molecular flexibility index (Phi) is 9.60. The lowest BCUT2D eigenvalue weighted by Gasteiger charge is -2.41. The van der Waals surface area contributed by atoms with E-state index < -0.39 is 11.5 Å². The zero-order valence-electron chi connectivity index (χ0n) is 27.6. The number of likely N-dealkylation sites (tertiary alicyclic amines) is 1. The molecule has 1 unspecified atom stereocenters. The van der Waals surface area contributed by atoms with Crippen LogP contribution in [0.4, 0.5) is 13.6 Å². The molecule has 2 aromatic rings. The summed E-state index contributed by atoms with van der Waals surface area (Å²) in [4.78, 5) is 32.7. The van der Waals surface area contributed by atoms with Crippen LogP contribution in [-0.2, 0) is 22.5 Å². The largest absolute Gasteiger partial charge is 0.497 e. The Morgan fingerprint density at radius 3 is 2.24 bits per heavy atom. The van der Waals surface area contributed by atoms with Gasteiger partial charge in [0.25, 0.3) is 0 Å². The number of benzene rings is 1. The number of halogens is 2. The average molecular weight is 627 g/mol. The minimum absolute atomic E-state index is 0.0262. The molecule has 0 N–H and O–H groups in total. The van der Waals surface area contributed by atoms with Crippen LogP contribution in [0.5, 0.6) is 5.75 Å². The van der Waals surface area contributed by atoms with Crippen LogP contribution < -0.4 is 4.74 Å². The first-order chi connectivity index (χ1) is 21.2. The highest BCUT2D eigenvalue weighted by Gasteiger charge is 2.43. The lowest BCUT2D eigenvalue weighted by atomic mass is 9.69. The van der Waals surface area contributed by atoms with Crippen molar-refractivity contribution in [1.29, 1.82) is 0 Å². The number of pyridine rings is 1. The minimum Gasteiger partial charge on any atom is -0.497 e. The summed E-state index contributed by atoms with van der Waals surface area (Å²) in [6.45, 7) is 11.3. The van der Waals surface area contributed by atoms with Crippen LogP contribution in [0.3, 0.4) is 0 Å². The van der Waals surface area contributed by atoms with Crippen LogP contribution in [0.25, 0.3) is 0 Å². The summed E-state index contributed by atoms with van der Waals surface area (Å²) in [6.07, 6.45) is 3.22. The van der Waals surface area contributed by atoms with Crippen molar-refractivity contribution in [2.75, 3.05) is 20.2 Å². The lowest BCUT2D eigenvalue weighted by molar-refractivity contribution is -0.0389. The molecule has 1 aliphatic heterocycles. The van der Waals surface area contributed by atoms with Gasteiger partial charge in [0.15, 0.2) is 6.29 Å². The van der Waals surface area contributed by atoms with Gasteiger partial charge in [-0.3, -0.25) is 9.78 Å². The highest BCUT2D eigenvalue weighted by atomic mass is 19.3. The second kappa shape index (κ2) is 13.0. The molecule has 1 atom stereocenters. The molecule has 45 heavy (non-hydrogen) atoms. The average Bonchev–Trinajstić information content (AvgIpc) is 2.98. The van der Waals surface area contributed by atoms with E-state index in [0.29, 0.717) is 57.4 Å². The van der Waals surface area contributed by atoms with E-state index >= 15 is 0 Å². The highest BCUT2D eigenvalue weighted by Crippen LogP contribution is 2.51. The van der Waals surface area contributed by atoms with E-state index in [2.05, 4.69) is 13.8 Å². The smallest absolute Gasteiger partial charge is 0.410 e. The van der Waals surface area contributed by atoms with Gasteiger partial charge in [0, 0.05) is 48.7 Å². The van der Waals surface area contributed by atoms with Gasteiger partial charge in [0.05, 0.1) is 25.5 Å². The second-order valence-corrected chi connectivity index (χ2v) is 14.9. The molecule has 0 bridgehead atoms. The predicted octanol–water partition coefficient (Wildman–Crippen LogP) is 8.54. The number of nitrogens with zero attached hydrogens (tertiary/aromatic N) is 2. The van der Waals surface area contributed by atoms with Crippen molar-refractivity contribution in [3.05, 3.63) is 57.9 Å². The molecule has 1 saturated carbocycles. The Morgan fingerprint density at radius 1 is 1.02 bits per heavy atom. The Bertz CT molecular complexity index is 1370. The minimum atomic E-state index is -2.69. The normalized spacial score (nSPS) is 22.0. The fourth-order valence-corrected chi connectivity index (χ4v) is 7.25. The summed E-state index contributed by atoms with van der Waals surface area (Å²) in [5, 5.41) is 0. The summed E-state index contributed by atoms with van der Waals surface area (Å²) in [6, 6.07) is 7.74. The fourth-order valence-electron chi connectivity index (χ4n) is 7.25. The van der Waals surface area contributed by atoms with Gasteiger partial charge in [-0.15, -0.1) is 0 Å². The molecule has 2 aliphatic carbocycles. The monoisotopic (exact) mass is 626 g/mol. The molecule has 2 fully saturated rings. The quantitative estimate of drug-likeness (QED) is 0.287. The van der Waals surface area contributed by atoms with Gasteiger partial charge >= 0.3 is 6.09 Å². The fraction of sp³-hybridized carbons (Fsp3) is 0.639. The zero-order chi connectivity index (χ0) is 32.6. The van der Waals surface area contributed by atoms with Crippen LogP contribution in [-0.4, -0.2) is 54.0 Å². The van der Waals surface area contributed by atoms with E-state index in [1.807, 2.05) is 45.0 Å². The number of methoxy groups -OCH3 is 1. The van der Waals surface area contributed by atoms with Crippen molar-refractivity contribution in [3.63, 3.8) is 0 Å². The Hall–Kier alpha value is -3.07. The topological polar surface area (TPSA) is 78.0 Å². The molecule has 0 radical (unpaired) electrons. The van der Waals surface area contributed by atoms with Gasteiger partial charge in [0.1, 0.15) is 11.4 Å². The number of aldehydes is 1. The third-order valence-corrected chi connectivity index (χ3v) is 9.52. The molecule has 2 heterocycles. The first kappa shape index (κ1) is 33.3. The van der Waals surface area contributed by atoms with Gasteiger partial charge in [-0.2, -0.15) is 0 Å². The third kappa shape index (κ3) is 7.84. The van der Waals surface area contributed by atoms with Crippen molar-refractivity contribution in [1.82, 2.24) is 9.88 Å². The summed E-state index contributed by atoms with van der Waals surface area (Å²) in [7, 11) is 1.63. The molecular formula is C36H48F2N2O5. The number of aromatic nitrogens is 1. The third-order valence-electron chi connectivity index (χ3n) is 9.52. The number of rotatable bonds is 7.